The van der Waals surface area contributed by atoms with E-state index in [2.05, 4.69) is 28.3 Å². The van der Waals surface area contributed by atoms with Gasteiger partial charge in [-0.3, -0.25) is 0 Å². The lowest BCUT2D eigenvalue weighted by Crippen LogP contribution is -2.25. The molecule has 0 radical (unpaired) electrons. The van der Waals surface area contributed by atoms with Crippen LogP contribution in [0.2, 0.25) is 0 Å². The first-order valence-electron chi connectivity index (χ1n) is 7.21. The van der Waals surface area contributed by atoms with Gasteiger partial charge in [0.15, 0.2) is 0 Å². The van der Waals surface area contributed by atoms with Gasteiger partial charge in [-0.15, -0.1) is 0 Å². The molecular weight excluding hydrogens is 252 g/mol. The van der Waals surface area contributed by atoms with Crippen LogP contribution in [0.5, 0.6) is 5.75 Å². The molecule has 0 aliphatic heterocycles. The Morgan fingerprint density at radius 3 is 2.70 bits per heavy atom. The molecule has 0 spiro atoms. The van der Waals surface area contributed by atoms with Gasteiger partial charge in [0.25, 0.3) is 0 Å². The van der Waals surface area contributed by atoms with Crippen molar-refractivity contribution in [3.63, 3.8) is 0 Å². The number of aryl methyl sites for hydroxylation is 1. The molecule has 0 unspecified atom stereocenters. The van der Waals surface area contributed by atoms with E-state index in [-0.39, 0.29) is 0 Å². The number of nitrogen functional groups attached to an aromatic ring is 1. The molecule has 0 saturated carbocycles. The zero-order valence-electron chi connectivity index (χ0n) is 12.6. The van der Waals surface area contributed by atoms with Crippen LogP contribution < -0.4 is 10.5 Å². The molecule has 0 aliphatic carbocycles. The lowest BCUT2D eigenvalue weighted by atomic mass is 10.3. The van der Waals surface area contributed by atoms with Crippen LogP contribution in [-0.2, 0) is 6.54 Å². The Labute approximate surface area is 120 Å². The number of benzene rings is 1. The van der Waals surface area contributed by atoms with Crippen LogP contribution in [0.15, 0.2) is 18.2 Å². The van der Waals surface area contributed by atoms with Gasteiger partial charge in [-0.25, -0.2) is 4.98 Å². The van der Waals surface area contributed by atoms with Crippen LogP contribution in [0.25, 0.3) is 11.0 Å². The number of nitrogens with zero attached hydrogens (tertiary/aromatic N) is 3. The summed E-state index contributed by atoms with van der Waals surface area (Å²) in [6.07, 6.45) is 1.06. The summed E-state index contributed by atoms with van der Waals surface area (Å²) in [7, 11) is 1.67. The van der Waals surface area contributed by atoms with Crippen LogP contribution in [0, 0.1) is 0 Å². The van der Waals surface area contributed by atoms with Crippen LogP contribution in [0.3, 0.4) is 0 Å². The Bertz CT molecular complexity index is 560. The average molecular weight is 276 g/mol. The van der Waals surface area contributed by atoms with Crippen LogP contribution in [-0.4, -0.2) is 41.2 Å². The fourth-order valence-electron chi connectivity index (χ4n) is 2.48. The summed E-state index contributed by atoms with van der Waals surface area (Å²) in [4.78, 5) is 6.81. The lowest BCUT2D eigenvalue weighted by molar-refractivity contribution is 0.294. The van der Waals surface area contributed by atoms with Gasteiger partial charge in [0.2, 0.25) is 5.95 Å². The Hall–Kier alpha value is -1.75. The lowest BCUT2D eigenvalue weighted by Gasteiger charge is -2.18. The molecule has 0 bridgehead atoms. The normalized spacial score (nSPS) is 11.4. The van der Waals surface area contributed by atoms with Crippen molar-refractivity contribution < 1.29 is 4.74 Å². The molecule has 0 amide bonds. The summed E-state index contributed by atoms with van der Waals surface area (Å²) in [6, 6.07) is 5.86. The fraction of sp³-hybridized carbons (Fsp3) is 0.533. The number of fused-ring (bicyclic) bond motifs is 1. The first-order valence-corrected chi connectivity index (χ1v) is 7.21. The molecule has 0 aliphatic rings. The monoisotopic (exact) mass is 276 g/mol. The molecule has 1 aromatic heterocycles. The van der Waals surface area contributed by atoms with Crippen molar-refractivity contribution in [3.05, 3.63) is 18.2 Å². The van der Waals surface area contributed by atoms with E-state index in [1.165, 1.54) is 0 Å². The molecule has 0 saturated heterocycles. The fourth-order valence-corrected chi connectivity index (χ4v) is 2.48. The highest BCUT2D eigenvalue weighted by Gasteiger charge is 2.09. The Morgan fingerprint density at radius 2 is 2.05 bits per heavy atom. The predicted molar refractivity (Wildman–Crippen MR) is 83.1 cm³/mol. The number of aromatic nitrogens is 2. The standard InChI is InChI=1S/C15H24N4O/c1-4-18(5-2)9-6-10-19-14-11-12(20-3)7-8-13(14)17-15(19)16/h7-8,11H,4-6,9-10H2,1-3H3,(H2,16,17). The zero-order valence-corrected chi connectivity index (χ0v) is 12.6. The number of nitrogens with two attached hydrogens (primary N) is 1. The van der Waals surface area contributed by atoms with Gasteiger partial charge in [-0.1, -0.05) is 13.8 Å². The van der Waals surface area contributed by atoms with Gasteiger partial charge in [-0.2, -0.15) is 0 Å². The molecule has 2 rings (SSSR count). The van der Waals surface area contributed by atoms with Crippen molar-refractivity contribution in [2.45, 2.75) is 26.8 Å². The van der Waals surface area contributed by atoms with Gasteiger partial charge in [-0.05, 0) is 38.2 Å². The van der Waals surface area contributed by atoms with Gasteiger partial charge in [0.05, 0.1) is 18.1 Å². The average Bonchev–Trinajstić information content (AvgIpc) is 2.78. The van der Waals surface area contributed by atoms with E-state index in [9.17, 15) is 0 Å². The topological polar surface area (TPSA) is 56.3 Å². The third kappa shape index (κ3) is 3.04. The number of methoxy groups -OCH3 is 1. The number of ether oxygens (including phenoxy) is 1. The SMILES string of the molecule is CCN(CC)CCCn1c(N)nc2ccc(OC)cc21. The molecule has 2 N–H and O–H groups in total. The van der Waals surface area contributed by atoms with E-state index < -0.39 is 0 Å². The largest absolute Gasteiger partial charge is 0.497 e. The first kappa shape index (κ1) is 14.7. The van der Waals surface area contributed by atoms with E-state index in [0.717, 1.165) is 49.4 Å². The Kier molecular flexibility index (Phi) is 4.84. The molecule has 0 atom stereocenters. The van der Waals surface area contributed by atoms with Gasteiger partial charge in [0, 0.05) is 12.6 Å². The van der Waals surface area contributed by atoms with Crippen molar-refractivity contribution in [2.24, 2.45) is 0 Å². The smallest absolute Gasteiger partial charge is 0.201 e. The summed E-state index contributed by atoms with van der Waals surface area (Å²) in [5.41, 5.74) is 7.99. The molecular formula is C15H24N4O. The maximum Gasteiger partial charge on any atom is 0.201 e. The molecule has 0 fully saturated rings. The summed E-state index contributed by atoms with van der Waals surface area (Å²) >= 11 is 0. The molecule has 1 aromatic carbocycles. The van der Waals surface area contributed by atoms with Crippen molar-refractivity contribution in [3.8, 4) is 5.75 Å². The number of hydrogen-bond acceptors (Lipinski definition) is 4. The number of hydrogen-bond donors (Lipinski definition) is 1. The molecule has 20 heavy (non-hydrogen) atoms. The van der Waals surface area contributed by atoms with Gasteiger partial charge in [0.1, 0.15) is 5.75 Å². The highest BCUT2D eigenvalue weighted by Crippen LogP contribution is 2.23. The van der Waals surface area contributed by atoms with Crippen molar-refractivity contribution in [1.29, 1.82) is 0 Å². The Morgan fingerprint density at radius 1 is 1.30 bits per heavy atom. The Balaban J connectivity index is 2.14. The quantitative estimate of drug-likeness (QED) is 0.843. The summed E-state index contributed by atoms with van der Waals surface area (Å²) < 4.78 is 7.34. The maximum atomic E-state index is 6.02. The van der Waals surface area contributed by atoms with Crippen molar-refractivity contribution >= 4 is 17.0 Å². The minimum absolute atomic E-state index is 0.577. The van der Waals surface area contributed by atoms with E-state index in [1.807, 2.05) is 18.2 Å². The summed E-state index contributed by atoms with van der Waals surface area (Å²) in [5, 5.41) is 0. The maximum absolute atomic E-state index is 6.02. The van der Waals surface area contributed by atoms with E-state index in [0.29, 0.717) is 5.95 Å². The third-order valence-electron chi connectivity index (χ3n) is 3.74. The van der Waals surface area contributed by atoms with E-state index in [4.69, 9.17) is 10.5 Å². The summed E-state index contributed by atoms with van der Waals surface area (Å²) in [6.45, 7) is 8.52. The van der Waals surface area contributed by atoms with Gasteiger partial charge >= 0.3 is 0 Å². The van der Waals surface area contributed by atoms with Crippen LogP contribution in [0.1, 0.15) is 20.3 Å². The minimum atomic E-state index is 0.577. The van der Waals surface area contributed by atoms with Crippen molar-refractivity contribution in [2.75, 3.05) is 32.5 Å². The molecule has 1 heterocycles. The van der Waals surface area contributed by atoms with Crippen LogP contribution >= 0.6 is 0 Å². The first-order chi connectivity index (χ1) is 9.69. The number of imidazole rings is 1. The zero-order chi connectivity index (χ0) is 14.5. The molecule has 110 valence electrons. The third-order valence-corrected chi connectivity index (χ3v) is 3.74. The minimum Gasteiger partial charge on any atom is -0.497 e. The van der Waals surface area contributed by atoms with Crippen molar-refractivity contribution in [1.82, 2.24) is 14.5 Å². The number of anilines is 1. The summed E-state index contributed by atoms with van der Waals surface area (Å²) in [5.74, 6) is 1.41. The highest BCUT2D eigenvalue weighted by molar-refractivity contribution is 5.79. The van der Waals surface area contributed by atoms with E-state index >= 15 is 0 Å². The molecule has 5 heteroatoms. The van der Waals surface area contributed by atoms with Gasteiger partial charge < -0.3 is 19.9 Å². The second-order valence-electron chi connectivity index (χ2n) is 4.86. The van der Waals surface area contributed by atoms with Crippen LogP contribution in [0.4, 0.5) is 5.95 Å². The molecule has 2 aromatic rings. The van der Waals surface area contributed by atoms with E-state index in [1.54, 1.807) is 7.11 Å². The molecule has 5 nitrogen and oxygen atoms in total. The second-order valence-corrected chi connectivity index (χ2v) is 4.86. The predicted octanol–water partition coefficient (Wildman–Crippen LogP) is 2.36. The number of rotatable bonds is 7. The second kappa shape index (κ2) is 6.61. The highest BCUT2D eigenvalue weighted by atomic mass is 16.5.